The van der Waals surface area contributed by atoms with Gasteiger partial charge in [-0.05, 0) is 70.6 Å². The number of allylic oxidation sites excluding steroid dienone is 14. The monoisotopic (exact) mass is 988 g/mol. The SMILES string of the molecule is CC/C=C\C/C=C\C/C=C\C/C=C\C/C=C\C/C=C\CCC(=O)OC[C@H](COP(=O)(O)OC[C@@H](O)COP(=O)(O)O)OC(=O)CCC/C=C\C[C@H]1[C@@H](O)CC(O)O[C@@H]1/C=C/[C@@H](O)CCCCC. The van der Waals surface area contributed by atoms with E-state index in [-0.39, 0.29) is 25.2 Å². The molecule has 0 bridgehead atoms. The lowest BCUT2D eigenvalue weighted by molar-refractivity contribution is -0.199. The number of unbranched alkanes of at least 4 members (excludes halogenated alkanes) is 3. The van der Waals surface area contributed by atoms with Gasteiger partial charge in [-0.25, -0.2) is 9.13 Å². The second-order valence-corrected chi connectivity index (χ2v) is 18.5. The number of hydrogen-bond acceptors (Lipinski definition) is 14. The average molecular weight is 989 g/mol. The summed E-state index contributed by atoms with van der Waals surface area (Å²) < 4.78 is 53.4. The summed E-state index contributed by atoms with van der Waals surface area (Å²) in [5.74, 6) is -1.71. The Balaban J connectivity index is 2.64. The van der Waals surface area contributed by atoms with Crippen LogP contribution in [0.2, 0.25) is 0 Å². The van der Waals surface area contributed by atoms with Crippen LogP contribution in [0, 0.1) is 5.92 Å². The van der Waals surface area contributed by atoms with Gasteiger partial charge >= 0.3 is 27.6 Å². The standard InChI is InChI=1S/C48H78O17P2/c1-3-5-7-8-9-10-11-12-13-14-15-16-17-18-19-20-21-22-27-31-46(52)60-38-42(39-63-67(58,59)62-37-41(50)36-61-66(55,56)57)64-47(53)32-28-24-23-26-30-43-44(51)35-48(54)65-45(43)34-33-40(49)29-25-6-4-2/h5,7,9-10,12-13,15-16,18-19,21-23,26,33-34,40-45,48-51,54H,3-4,6,8,11,14,17,20,24-25,27-32,35-39H2,1-2H3,(H,58,59)(H2,55,56,57)/b7-5-,10-9-,13-12-,16-15-,19-18-,22-21-,26-23-,34-33+/t40-,41-,42+,43-,44-,45+,48?/m0/s1. The predicted octanol–water partition coefficient (Wildman–Crippen LogP) is 8.22. The molecule has 0 radical (unpaired) electrons. The van der Waals surface area contributed by atoms with E-state index in [0.717, 1.165) is 51.4 Å². The Bertz CT molecular complexity index is 1670. The number of carbonyl (C=O) groups excluding carboxylic acids is 2. The molecule has 7 N–H and O–H groups in total. The van der Waals surface area contributed by atoms with Crippen LogP contribution in [-0.2, 0) is 46.5 Å². The Morgan fingerprint density at radius 3 is 1.84 bits per heavy atom. The molecular weight excluding hydrogens is 910 g/mol. The molecule has 0 aromatic heterocycles. The fourth-order valence-corrected chi connectivity index (χ4v) is 7.33. The van der Waals surface area contributed by atoms with Gasteiger partial charge in [0.2, 0.25) is 0 Å². The molecule has 1 heterocycles. The van der Waals surface area contributed by atoms with E-state index < -0.39 is 90.8 Å². The molecule has 19 heteroatoms. The van der Waals surface area contributed by atoms with Crippen molar-refractivity contribution < 1.29 is 81.6 Å². The van der Waals surface area contributed by atoms with Crippen LogP contribution in [0.3, 0.4) is 0 Å². The molecule has 1 fully saturated rings. The van der Waals surface area contributed by atoms with Crippen molar-refractivity contribution in [2.45, 2.75) is 160 Å². The largest absolute Gasteiger partial charge is 0.472 e. The Hall–Kier alpha value is -3.12. The fraction of sp³-hybridized carbons (Fsp3) is 0.625. The Morgan fingerprint density at radius 2 is 1.24 bits per heavy atom. The lowest BCUT2D eigenvalue weighted by atomic mass is 9.87. The molecule has 1 rings (SSSR count). The number of rotatable bonds is 38. The molecule has 8 atom stereocenters. The van der Waals surface area contributed by atoms with E-state index in [1.54, 1.807) is 12.2 Å². The van der Waals surface area contributed by atoms with E-state index in [4.69, 9.17) is 28.5 Å². The second-order valence-electron chi connectivity index (χ2n) is 15.8. The summed E-state index contributed by atoms with van der Waals surface area (Å²) in [5, 5.41) is 40.8. The van der Waals surface area contributed by atoms with Crippen molar-refractivity contribution in [3.05, 3.63) is 97.2 Å². The second kappa shape index (κ2) is 38.7. The van der Waals surface area contributed by atoms with Crippen molar-refractivity contribution in [3.8, 4) is 0 Å². The third-order valence-corrected chi connectivity index (χ3v) is 11.2. The van der Waals surface area contributed by atoms with Gasteiger partial charge in [0.1, 0.15) is 12.7 Å². The highest BCUT2D eigenvalue weighted by molar-refractivity contribution is 7.47. The highest BCUT2D eigenvalue weighted by atomic mass is 31.2. The number of phosphoric acid groups is 2. The molecule has 67 heavy (non-hydrogen) atoms. The van der Waals surface area contributed by atoms with Crippen LogP contribution in [0.5, 0.6) is 0 Å². The number of esters is 2. The van der Waals surface area contributed by atoms with Crippen LogP contribution in [0.1, 0.15) is 123 Å². The number of phosphoric ester groups is 2. The molecule has 1 aliphatic heterocycles. The van der Waals surface area contributed by atoms with Crippen LogP contribution in [0.25, 0.3) is 0 Å². The average Bonchev–Trinajstić information content (AvgIpc) is 3.27. The molecule has 17 nitrogen and oxygen atoms in total. The zero-order valence-corrected chi connectivity index (χ0v) is 41.0. The molecule has 1 aliphatic rings. The molecule has 0 saturated carbocycles. The molecule has 2 unspecified atom stereocenters. The zero-order chi connectivity index (χ0) is 49.6. The number of aliphatic hydroxyl groups is 4. The smallest absolute Gasteiger partial charge is 0.462 e. The first kappa shape index (κ1) is 61.9. The molecule has 0 aromatic rings. The molecular formula is C48H78O17P2. The van der Waals surface area contributed by atoms with Gasteiger partial charge in [0.05, 0.1) is 38.1 Å². The van der Waals surface area contributed by atoms with Gasteiger partial charge in [-0.1, -0.05) is 130 Å². The maximum absolute atomic E-state index is 12.8. The van der Waals surface area contributed by atoms with Crippen LogP contribution in [0.4, 0.5) is 0 Å². The van der Waals surface area contributed by atoms with E-state index in [1.165, 1.54) is 0 Å². The van der Waals surface area contributed by atoms with Gasteiger partial charge < -0.3 is 49.3 Å². The Kier molecular flexibility index (Phi) is 35.7. The van der Waals surface area contributed by atoms with Crippen LogP contribution in [0.15, 0.2) is 97.2 Å². The summed E-state index contributed by atoms with van der Waals surface area (Å²) >= 11 is 0. The van der Waals surface area contributed by atoms with Crippen molar-refractivity contribution in [2.24, 2.45) is 5.92 Å². The predicted molar refractivity (Wildman–Crippen MR) is 256 cm³/mol. The van der Waals surface area contributed by atoms with E-state index in [0.29, 0.717) is 38.5 Å². The molecule has 0 amide bonds. The summed E-state index contributed by atoms with van der Waals surface area (Å²) in [6.07, 6.45) is 36.0. The number of hydrogen-bond donors (Lipinski definition) is 7. The molecule has 0 spiro atoms. The quantitative estimate of drug-likeness (QED) is 0.0133. The van der Waals surface area contributed by atoms with Crippen LogP contribution < -0.4 is 0 Å². The third-order valence-electron chi connectivity index (χ3n) is 9.76. The van der Waals surface area contributed by atoms with Gasteiger partial charge in [0, 0.05) is 25.2 Å². The minimum atomic E-state index is -4.92. The van der Waals surface area contributed by atoms with Gasteiger partial charge in [0.15, 0.2) is 12.4 Å². The number of carbonyl (C=O) groups is 2. The summed E-state index contributed by atoms with van der Waals surface area (Å²) in [4.78, 5) is 53.0. The molecule has 0 aromatic carbocycles. The first-order valence-corrected chi connectivity index (χ1v) is 26.4. The summed E-state index contributed by atoms with van der Waals surface area (Å²) in [7, 11) is -9.83. The zero-order valence-electron chi connectivity index (χ0n) is 39.2. The van der Waals surface area contributed by atoms with Crippen molar-refractivity contribution in [3.63, 3.8) is 0 Å². The minimum Gasteiger partial charge on any atom is -0.462 e. The summed E-state index contributed by atoms with van der Waals surface area (Å²) in [6.45, 7) is 1.12. The Labute approximate surface area is 397 Å². The van der Waals surface area contributed by atoms with Gasteiger partial charge in [0.25, 0.3) is 0 Å². The van der Waals surface area contributed by atoms with Crippen molar-refractivity contribution in [1.29, 1.82) is 0 Å². The molecule has 1 saturated heterocycles. The number of ether oxygens (including phenoxy) is 3. The highest BCUT2D eigenvalue weighted by Crippen LogP contribution is 2.44. The Morgan fingerprint density at radius 1 is 0.672 bits per heavy atom. The summed E-state index contributed by atoms with van der Waals surface area (Å²) in [5.41, 5.74) is 0. The fourth-order valence-electron chi connectivity index (χ4n) is 6.18. The first-order chi connectivity index (χ1) is 32.0. The molecule has 0 aliphatic carbocycles. The van der Waals surface area contributed by atoms with E-state index in [2.05, 4.69) is 77.6 Å². The van der Waals surface area contributed by atoms with Gasteiger partial charge in [-0.2, -0.15) is 0 Å². The number of aliphatic hydroxyl groups excluding tert-OH is 4. The van der Waals surface area contributed by atoms with E-state index in [9.17, 15) is 44.0 Å². The first-order valence-electron chi connectivity index (χ1n) is 23.3. The lowest BCUT2D eigenvalue weighted by Crippen LogP contribution is -2.43. The van der Waals surface area contributed by atoms with Crippen molar-refractivity contribution in [2.75, 3.05) is 26.4 Å². The van der Waals surface area contributed by atoms with Gasteiger partial charge in [-0.3, -0.25) is 23.2 Å². The third kappa shape index (κ3) is 36.5. The summed E-state index contributed by atoms with van der Waals surface area (Å²) in [6, 6.07) is 0. The lowest BCUT2D eigenvalue weighted by Gasteiger charge is -2.36. The maximum atomic E-state index is 12.8. The van der Waals surface area contributed by atoms with Crippen molar-refractivity contribution >= 4 is 27.6 Å². The van der Waals surface area contributed by atoms with Crippen molar-refractivity contribution in [1.82, 2.24) is 0 Å². The van der Waals surface area contributed by atoms with E-state index >= 15 is 0 Å². The van der Waals surface area contributed by atoms with E-state index in [1.807, 2.05) is 30.4 Å². The topological polar surface area (TPSA) is 265 Å². The minimum absolute atomic E-state index is 0.00876. The van der Waals surface area contributed by atoms with Crippen LogP contribution in [-0.4, -0.2) is 110 Å². The highest BCUT2D eigenvalue weighted by Gasteiger charge is 2.35. The van der Waals surface area contributed by atoms with Crippen LogP contribution >= 0.6 is 15.6 Å². The maximum Gasteiger partial charge on any atom is 0.472 e. The van der Waals surface area contributed by atoms with Gasteiger partial charge in [-0.15, -0.1) is 0 Å². The normalized spacial score (nSPS) is 21.0. The molecule has 382 valence electrons.